The van der Waals surface area contributed by atoms with E-state index >= 15 is 0 Å². The molecule has 0 aliphatic heterocycles. The van der Waals surface area contributed by atoms with Crippen molar-refractivity contribution in [2.75, 3.05) is 20.2 Å². The zero-order valence-corrected chi connectivity index (χ0v) is 12.2. The normalized spacial score (nSPS) is 14.4. The molecule has 102 valence electrons. The predicted molar refractivity (Wildman–Crippen MR) is 78.2 cm³/mol. The summed E-state index contributed by atoms with van der Waals surface area (Å²) in [6.07, 6.45) is 2.55. The Kier molecular flexibility index (Phi) is 6.99. The predicted octanol–water partition coefficient (Wildman–Crippen LogP) is 3.50. The van der Waals surface area contributed by atoms with E-state index in [-0.39, 0.29) is 0 Å². The second kappa shape index (κ2) is 8.28. The molecule has 0 heterocycles. The highest BCUT2D eigenvalue weighted by atomic mass is 16.5. The Morgan fingerprint density at radius 3 is 2.44 bits per heavy atom. The van der Waals surface area contributed by atoms with Gasteiger partial charge in [-0.3, -0.25) is 0 Å². The molecule has 18 heavy (non-hydrogen) atoms. The minimum absolute atomic E-state index is 0.305. The summed E-state index contributed by atoms with van der Waals surface area (Å²) in [5.74, 6) is 0.534. The number of hydrogen-bond donors (Lipinski definition) is 1. The van der Waals surface area contributed by atoms with Crippen LogP contribution in [0.5, 0.6) is 0 Å². The minimum atomic E-state index is 0.305. The lowest BCUT2D eigenvalue weighted by atomic mass is 9.92. The molecule has 2 heteroatoms. The highest BCUT2D eigenvalue weighted by Gasteiger charge is 2.14. The highest BCUT2D eigenvalue weighted by molar-refractivity contribution is 5.25. The fraction of sp³-hybridized carbons (Fsp3) is 0.625. The van der Waals surface area contributed by atoms with Crippen molar-refractivity contribution in [3.8, 4) is 0 Å². The molecular formula is C16H27NO. The summed E-state index contributed by atoms with van der Waals surface area (Å²) in [6.45, 7) is 8.59. The summed E-state index contributed by atoms with van der Waals surface area (Å²) >= 11 is 0. The molecule has 1 aromatic carbocycles. The van der Waals surface area contributed by atoms with E-state index in [0.29, 0.717) is 12.0 Å². The minimum Gasteiger partial charge on any atom is -0.382 e. The van der Waals surface area contributed by atoms with E-state index in [9.17, 15) is 0 Å². The van der Waals surface area contributed by atoms with Crippen molar-refractivity contribution in [3.05, 3.63) is 35.4 Å². The quantitative estimate of drug-likeness (QED) is 0.712. The highest BCUT2D eigenvalue weighted by Crippen LogP contribution is 2.22. The molecule has 0 spiro atoms. The fourth-order valence-corrected chi connectivity index (χ4v) is 2.13. The Balaban J connectivity index is 2.66. The van der Waals surface area contributed by atoms with Crippen LogP contribution in [0.15, 0.2) is 24.3 Å². The SMILES string of the molecule is CCCNCC(CC(C)OC)c1ccc(C)cc1. The molecule has 0 aliphatic carbocycles. The van der Waals surface area contributed by atoms with Gasteiger partial charge in [0.1, 0.15) is 0 Å². The smallest absolute Gasteiger partial charge is 0.0549 e. The maximum atomic E-state index is 5.40. The third-order valence-corrected chi connectivity index (χ3v) is 3.39. The van der Waals surface area contributed by atoms with Gasteiger partial charge in [0.05, 0.1) is 6.10 Å². The molecule has 2 unspecified atom stereocenters. The maximum absolute atomic E-state index is 5.40. The van der Waals surface area contributed by atoms with Crippen molar-refractivity contribution in [1.82, 2.24) is 5.32 Å². The third kappa shape index (κ3) is 5.19. The van der Waals surface area contributed by atoms with Crippen LogP contribution in [0.25, 0.3) is 0 Å². The second-order valence-electron chi connectivity index (χ2n) is 5.09. The first-order valence-corrected chi connectivity index (χ1v) is 6.97. The standard InChI is InChI=1S/C16H27NO/c1-5-10-17-12-16(11-14(3)18-4)15-8-6-13(2)7-9-15/h6-9,14,16-17H,5,10-12H2,1-4H3. The van der Waals surface area contributed by atoms with Gasteiger partial charge in [-0.05, 0) is 44.7 Å². The van der Waals surface area contributed by atoms with Gasteiger partial charge in [0.25, 0.3) is 0 Å². The second-order valence-corrected chi connectivity index (χ2v) is 5.09. The zero-order chi connectivity index (χ0) is 13.4. The van der Waals surface area contributed by atoms with Gasteiger partial charge in [0, 0.05) is 13.7 Å². The average Bonchev–Trinajstić information content (AvgIpc) is 2.38. The van der Waals surface area contributed by atoms with E-state index in [0.717, 1.165) is 19.5 Å². The van der Waals surface area contributed by atoms with Crippen LogP contribution in [0, 0.1) is 6.92 Å². The number of nitrogens with one attached hydrogen (secondary N) is 1. The molecule has 1 aromatic rings. The molecule has 0 radical (unpaired) electrons. The van der Waals surface area contributed by atoms with Crippen molar-refractivity contribution < 1.29 is 4.74 Å². The van der Waals surface area contributed by atoms with Crippen LogP contribution in [0.3, 0.4) is 0 Å². The number of aryl methyl sites for hydroxylation is 1. The number of ether oxygens (including phenoxy) is 1. The Bertz CT molecular complexity index is 320. The summed E-state index contributed by atoms with van der Waals surface area (Å²) in [5.41, 5.74) is 2.73. The van der Waals surface area contributed by atoms with Crippen LogP contribution >= 0.6 is 0 Å². The Hall–Kier alpha value is -0.860. The lowest BCUT2D eigenvalue weighted by molar-refractivity contribution is 0.104. The first kappa shape index (κ1) is 15.2. The van der Waals surface area contributed by atoms with Gasteiger partial charge in [0.2, 0.25) is 0 Å². The largest absolute Gasteiger partial charge is 0.382 e. The van der Waals surface area contributed by atoms with Crippen LogP contribution in [0.1, 0.15) is 43.7 Å². The van der Waals surface area contributed by atoms with Crippen LogP contribution in [-0.4, -0.2) is 26.3 Å². The van der Waals surface area contributed by atoms with E-state index in [1.807, 2.05) is 0 Å². The van der Waals surface area contributed by atoms with Gasteiger partial charge in [-0.1, -0.05) is 36.8 Å². The first-order chi connectivity index (χ1) is 8.67. The average molecular weight is 249 g/mol. The summed E-state index contributed by atoms with van der Waals surface area (Å²) in [6, 6.07) is 8.88. The Morgan fingerprint density at radius 1 is 1.22 bits per heavy atom. The molecule has 0 aromatic heterocycles. The molecule has 2 atom stereocenters. The maximum Gasteiger partial charge on any atom is 0.0549 e. The number of rotatable bonds is 8. The summed E-state index contributed by atoms with van der Waals surface area (Å²) in [4.78, 5) is 0. The van der Waals surface area contributed by atoms with Gasteiger partial charge in [-0.15, -0.1) is 0 Å². The van der Waals surface area contributed by atoms with Crippen molar-refractivity contribution in [1.29, 1.82) is 0 Å². The summed E-state index contributed by atoms with van der Waals surface area (Å²) in [5, 5.41) is 3.52. The van der Waals surface area contributed by atoms with Crippen molar-refractivity contribution in [3.63, 3.8) is 0 Å². The number of hydrogen-bond acceptors (Lipinski definition) is 2. The van der Waals surface area contributed by atoms with Gasteiger partial charge in [-0.2, -0.15) is 0 Å². The molecule has 0 fully saturated rings. The molecule has 1 rings (SSSR count). The van der Waals surface area contributed by atoms with Gasteiger partial charge >= 0.3 is 0 Å². The molecular weight excluding hydrogens is 222 g/mol. The van der Waals surface area contributed by atoms with E-state index in [1.54, 1.807) is 7.11 Å². The summed E-state index contributed by atoms with van der Waals surface area (Å²) < 4.78 is 5.40. The van der Waals surface area contributed by atoms with Gasteiger partial charge in [-0.25, -0.2) is 0 Å². The van der Waals surface area contributed by atoms with E-state index in [4.69, 9.17) is 4.74 Å². The van der Waals surface area contributed by atoms with Crippen molar-refractivity contribution in [2.45, 2.75) is 45.6 Å². The van der Waals surface area contributed by atoms with E-state index in [2.05, 4.69) is 50.4 Å². The molecule has 0 bridgehead atoms. The Labute approximate surface area is 112 Å². The number of methoxy groups -OCH3 is 1. The monoisotopic (exact) mass is 249 g/mol. The van der Waals surface area contributed by atoms with E-state index in [1.165, 1.54) is 17.5 Å². The van der Waals surface area contributed by atoms with Gasteiger partial charge in [0.15, 0.2) is 0 Å². The zero-order valence-electron chi connectivity index (χ0n) is 12.2. The third-order valence-electron chi connectivity index (χ3n) is 3.39. The van der Waals surface area contributed by atoms with Crippen LogP contribution in [-0.2, 0) is 4.74 Å². The molecule has 0 amide bonds. The molecule has 0 aliphatic rings. The lowest BCUT2D eigenvalue weighted by Gasteiger charge is -2.21. The van der Waals surface area contributed by atoms with Crippen molar-refractivity contribution in [2.24, 2.45) is 0 Å². The first-order valence-electron chi connectivity index (χ1n) is 6.97. The lowest BCUT2D eigenvalue weighted by Crippen LogP contribution is -2.25. The van der Waals surface area contributed by atoms with Crippen LogP contribution < -0.4 is 5.32 Å². The molecule has 0 saturated carbocycles. The van der Waals surface area contributed by atoms with Gasteiger partial charge < -0.3 is 10.1 Å². The molecule has 1 N–H and O–H groups in total. The Morgan fingerprint density at radius 2 is 1.89 bits per heavy atom. The fourth-order valence-electron chi connectivity index (χ4n) is 2.13. The molecule has 0 saturated heterocycles. The van der Waals surface area contributed by atoms with Crippen molar-refractivity contribution >= 4 is 0 Å². The van der Waals surface area contributed by atoms with Crippen LogP contribution in [0.4, 0.5) is 0 Å². The van der Waals surface area contributed by atoms with E-state index < -0.39 is 0 Å². The topological polar surface area (TPSA) is 21.3 Å². The van der Waals surface area contributed by atoms with Crippen LogP contribution in [0.2, 0.25) is 0 Å². The number of benzene rings is 1. The summed E-state index contributed by atoms with van der Waals surface area (Å²) in [7, 11) is 1.79. The molecule has 2 nitrogen and oxygen atoms in total.